The Morgan fingerprint density at radius 3 is 2.09 bits per heavy atom. The van der Waals surface area contributed by atoms with Crippen LogP contribution in [0, 0.1) is 0 Å². The van der Waals surface area contributed by atoms with Gasteiger partial charge in [-0.05, 0) is 86.3 Å². The van der Waals surface area contributed by atoms with E-state index >= 15 is 0 Å². The Morgan fingerprint density at radius 2 is 1.50 bits per heavy atom. The van der Waals surface area contributed by atoms with Gasteiger partial charge in [-0.15, -0.1) is 0 Å². The number of rotatable bonds is 8. The lowest BCUT2D eigenvalue weighted by atomic mass is 10.00. The largest absolute Gasteiger partial charge is 0.380 e. The molecule has 0 atom stereocenters. The van der Waals surface area contributed by atoms with Gasteiger partial charge in [-0.2, -0.15) is 0 Å². The monoisotopic (exact) mass is 642 g/mol. The highest BCUT2D eigenvalue weighted by Gasteiger charge is 2.30. The van der Waals surface area contributed by atoms with Gasteiger partial charge in [0.25, 0.3) is 0 Å². The number of nitrogens with zero attached hydrogens (tertiary/aromatic N) is 5. The molecule has 0 radical (unpaired) electrons. The van der Waals surface area contributed by atoms with Crippen LogP contribution in [0.25, 0.3) is 33.5 Å². The van der Waals surface area contributed by atoms with Gasteiger partial charge >= 0.3 is 0 Å². The summed E-state index contributed by atoms with van der Waals surface area (Å²) in [5, 5.41) is 3.90. The van der Waals surface area contributed by atoms with E-state index in [2.05, 4.69) is 74.8 Å². The molecule has 244 valence electrons. The summed E-state index contributed by atoms with van der Waals surface area (Å²) in [7, 11) is -1.23. The molecular formula is C36H46N6O3S. The van der Waals surface area contributed by atoms with Gasteiger partial charge in [-0.25, -0.2) is 13.4 Å². The number of piperidine rings is 1. The Morgan fingerprint density at radius 1 is 0.848 bits per heavy atom. The summed E-state index contributed by atoms with van der Waals surface area (Å²) in [6.07, 6.45) is 3.39. The van der Waals surface area contributed by atoms with E-state index < -0.39 is 9.84 Å². The lowest BCUT2D eigenvalue weighted by Crippen LogP contribution is -2.53. The Hall–Kier alpha value is -3.44. The van der Waals surface area contributed by atoms with Crippen molar-refractivity contribution in [1.82, 2.24) is 19.4 Å². The molecule has 10 heteroatoms. The number of aryl methyl sites for hydroxylation is 1. The maximum absolute atomic E-state index is 12.1. The predicted molar refractivity (Wildman–Crippen MR) is 186 cm³/mol. The zero-order valence-corrected chi connectivity index (χ0v) is 28.3. The van der Waals surface area contributed by atoms with Gasteiger partial charge in [0.15, 0.2) is 9.84 Å². The first kappa shape index (κ1) is 31.2. The van der Waals surface area contributed by atoms with Crippen LogP contribution < -0.4 is 10.2 Å². The number of anilines is 2. The molecule has 9 nitrogen and oxygen atoms in total. The highest BCUT2D eigenvalue weighted by molar-refractivity contribution is 7.90. The number of sulfone groups is 1. The van der Waals surface area contributed by atoms with E-state index in [-0.39, 0.29) is 0 Å². The summed E-state index contributed by atoms with van der Waals surface area (Å²) in [5.74, 6) is 0.811. The number of nitrogens with one attached hydrogen (secondary N) is 1. The number of hydrogen-bond donors (Lipinski definition) is 1. The minimum Gasteiger partial charge on any atom is -0.380 e. The molecule has 4 aromatic rings. The lowest BCUT2D eigenvalue weighted by Gasteiger charge is -2.41. The van der Waals surface area contributed by atoms with E-state index in [1.807, 2.05) is 19.2 Å². The van der Waals surface area contributed by atoms with Crippen molar-refractivity contribution in [2.75, 3.05) is 69.0 Å². The number of imidazole rings is 1. The van der Waals surface area contributed by atoms with Crippen LogP contribution in [0.5, 0.6) is 0 Å². The molecule has 0 unspecified atom stereocenters. The van der Waals surface area contributed by atoms with E-state index in [1.165, 1.54) is 17.5 Å². The molecule has 0 spiro atoms. The Balaban J connectivity index is 1.20. The van der Waals surface area contributed by atoms with Crippen LogP contribution in [0.4, 0.5) is 11.4 Å². The SMILES string of the molecule is CC(C)N1CCN(c2ccc(-c3cc(NC4CCN(C5COC5)CC4)c4nc(-c5ccc(S(C)(=O)=O)cc5)n(C)c4c3)cc2)CC1. The van der Waals surface area contributed by atoms with Crippen molar-refractivity contribution < 1.29 is 13.2 Å². The molecule has 3 fully saturated rings. The quantitative estimate of drug-likeness (QED) is 0.284. The molecule has 0 saturated carbocycles. The number of piperazine rings is 1. The maximum atomic E-state index is 12.1. The highest BCUT2D eigenvalue weighted by atomic mass is 32.2. The standard InChI is InChI=1S/C36H46N6O3S/c1-25(2)40-17-19-42(20-18-40)30-9-5-26(6-10-30)28-21-33(37-29-13-15-41(16-14-29)31-23-45-24-31)35-34(22-28)39(3)36(38-35)27-7-11-32(12-8-27)46(4,43)44/h5-12,21-22,25,29,31,37H,13-20,23-24H2,1-4H3. The van der Waals surface area contributed by atoms with E-state index in [0.717, 1.165) is 99.0 Å². The van der Waals surface area contributed by atoms with Crippen LogP contribution in [0.2, 0.25) is 0 Å². The van der Waals surface area contributed by atoms with E-state index in [1.54, 1.807) is 12.1 Å². The van der Waals surface area contributed by atoms with Gasteiger partial charge < -0.3 is 19.5 Å². The summed E-state index contributed by atoms with van der Waals surface area (Å²) in [6.45, 7) is 12.7. The summed E-state index contributed by atoms with van der Waals surface area (Å²) in [4.78, 5) is 13.1. The predicted octanol–water partition coefficient (Wildman–Crippen LogP) is 5.12. The Labute approximate surface area is 273 Å². The average molecular weight is 643 g/mol. The molecule has 46 heavy (non-hydrogen) atoms. The van der Waals surface area contributed by atoms with Crippen molar-refractivity contribution in [2.45, 2.75) is 49.7 Å². The first-order valence-electron chi connectivity index (χ1n) is 16.6. The summed E-state index contributed by atoms with van der Waals surface area (Å²) in [5.41, 5.74) is 7.50. The van der Waals surface area contributed by atoms with Crippen molar-refractivity contribution in [3.05, 3.63) is 60.7 Å². The second-order valence-corrected chi connectivity index (χ2v) is 15.5. The second kappa shape index (κ2) is 12.6. The number of likely N-dealkylation sites (tertiary alicyclic amines) is 1. The van der Waals surface area contributed by atoms with Crippen LogP contribution >= 0.6 is 0 Å². The maximum Gasteiger partial charge on any atom is 0.175 e. The molecule has 3 saturated heterocycles. The fourth-order valence-electron chi connectivity index (χ4n) is 7.10. The Bertz CT molecular complexity index is 1780. The first-order valence-corrected chi connectivity index (χ1v) is 18.5. The lowest BCUT2D eigenvalue weighted by molar-refractivity contribution is -0.0705. The van der Waals surface area contributed by atoms with Gasteiger partial charge in [-0.1, -0.05) is 12.1 Å². The molecule has 3 aliphatic heterocycles. The molecule has 1 N–H and O–H groups in total. The van der Waals surface area contributed by atoms with Gasteiger partial charge in [0.05, 0.1) is 35.4 Å². The normalized spacial score (nSPS) is 19.2. The zero-order valence-electron chi connectivity index (χ0n) is 27.4. The van der Waals surface area contributed by atoms with Gasteiger partial charge in [0, 0.05) is 75.9 Å². The van der Waals surface area contributed by atoms with E-state index in [9.17, 15) is 8.42 Å². The number of hydrogen-bond acceptors (Lipinski definition) is 8. The molecule has 1 aromatic heterocycles. The third-order valence-corrected chi connectivity index (χ3v) is 11.3. The van der Waals surface area contributed by atoms with Crippen LogP contribution in [-0.2, 0) is 21.6 Å². The fourth-order valence-corrected chi connectivity index (χ4v) is 7.73. The van der Waals surface area contributed by atoms with Crippen molar-refractivity contribution >= 4 is 32.2 Å². The Kier molecular flexibility index (Phi) is 8.56. The smallest absolute Gasteiger partial charge is 0.175 e. The number of benzene rings is 3. The molecule has 0 bridgehead atoms. The van der Waals surface area contributed by atoms with Crippen LogP contribution in [0.15, 0.2) is 65.6 Å². The van der Waals surface area contributed by atoms with Gasteiger partial charge in [0.2, 0.25) is 0 Å². The first-order chi connectivity index (χ1) is 22.1. The van der Waals surface area contributed by atoms with Crippen LogP contribution in [0.1, 0.15) is 26.7 Å². The van der Waals surface area contributed by atoms with E-state index in [0.29, 0.717) is 23.0 Å². The molecule has 3 aromatic carbocycles. The van der Waals surface area contributed by atoms with Crippen LogP contribution in [-0.4, -0.2) is 105 Å². The van der Waals surface area contributed by atoms with Crippen molar-refractivity contribution in [3.63, 3.8) is 0 Å². The van der Waals surface area contributed by atoms with E-state index in [4.69, 9.17) is 9.72 Å². The molecule has 0 aliphatic carbocycles. The number of aromatic nitrogens is 2. The van der Waals surface area contributed by atoms with Crippen molar-refractivity contribution in [3.8, 4) is 22.5 Å². The molecule has 0 amide bonds. The van der Waals surface area contributed by atoms with Gasteiger partial charge in [-0.3, -0.25) is 9.80 Å². The molecule has 3 aliphatic rings. The summed E-state index contributed by atoms with van der Waals surface area (Å²) >= 11 is 0. The van der Waals surface area contributed by atoms with Gasteiger partial charge in [0.1, 0.15) is 11.3 Å². The number of ether oxygens (including phenoxy) is 1. The van der Waals surface area contributed by atoms with Crippen LogP contribution in [0.3, 0.4) is 0 Å². The van der Waals surface area contributed by atoms with Crippen molar-refractivity contribution in [2.24, 2.45) is 7.05 Å². The average Bonchev–Trinajstić information content (AvgIpc) is 3.37. The molecule has 7 rings (SSSR count). The molecular weight excluding hydrogens is 597 g/mol. The van der Waals surface area contributed by atoms with Crippen molar-refractivity contribution in [1.29, 1.82) is 0 Å². The second-order valence-electron chi connectivity index (χ2n) is 13.5. The topological polar surface area (TPSA) is 82.9 Å². The highest BCUT2D eigenvalue weighted by Crippen LogP contribution is 2.36. The third kappa shape index (κ3) is 6.28. The summed E-state index contributed by atoms with van der Waals surface area (Å²) < 4.78 is 31.7. The molecule has 4 heterocycles. The fraction of sp³-hybridized carbons (Fsp3) is 0.472. The third-order valence-electron chi connectivity index (χ3n) is 10.2. The number of fused-ring (bicyclic) bond motifs is 1. The minimum atomic E-state index is -3.27. The zero-order chi connectivity index (χ0) is 32.0. The summed E-state index contributed by atoms with van der Waals surface area (Å²) in [6, 6.07) is 22.1. The minimum absolute atomic E-state index is 0.310.